The normalized spacial score (nSPS) is 18.9. The molecule has 1 saturated heterocycles. The second-order valence-electron chi connectivity index (χ2n) is 6.67. The van der Waals surface area contributed by atoms with Crippen molar-refractivity contribution >= 4 is 56.3 Å². The van der Waals surface area contributed by atoms with Gasteiger partial charge >= 0.3 is 0 Å². The summed E-state index contributed by atoms with van der Waals surface area (Å²) >= 11 is 7.74. The van der Waals surface area contributed by atoms with Crippen molar-refractivity contribution in [3.05, 3.63) is 83.7 Å². The van der Waals surface area contributed by atoms with Crippen LogP contribution < -0.4 is 10.2 Å². The summed E-state index contributed by atoms with van der Waals surface area (Å²) in [5.74, 6) is 0.607. The van der Waals surface area contributed by atoms with Gasteiger partial charge in [-0.1, -0.05) is 60.7 Å². The van der Waals surface area contributed by atoms with Crippen LogP contribution in [0.3, 0.4) is 0 Å². The lowest BCUT2D eigenvalue weighted by Crippen LogP contribution is -2.56. The van der Waals surface area contributed by atoms with Crippen LogP contribution in [0.2, 0.25) is 0 Å². The number of halogens is 1. The van der Waals surface area contributed by atoms with Gasteiger partial charge in [0, 0.05) is 11.1 Å². The number of anilines is 3. The van der Waals surface area contributed by atoms with E-state index in [0.717, 1.165) is 16.6 Å². The van der Waals surface area contributed by atoms with Gasteiger partial charge in [-0.25, -0.2) is 4.98 Å². The molecule has 1 N–H and O–H groups in total. The van der Waals surface area contributed by atoms with Gasteiger partial charge < -0.3 is 5.32 Å². The first-order valence-electron chi connectivity index (χ1n) is 8.94. The predicted molar refractivity (Wildman–Crippen MR) is 116 cm³/mol. The lowest BCUT2D eigenvalue weighted by Gasteiger charge is -2.42. The number of thiazole rings is 1. The Morgan fingerprint density at radius 1 is 0.964 bits per heavy atom. The van der Waals surface area contributed by atoms with Gasteiger partial charge in [0.05, 0.1) is 6.04 Å². The number of fused-ring (bicyclic) bond motifs is 1. The van der Waals surface area contributed by atoms with Crippen LogP contribution in [0.25, 0.3) is 10.8 Å². The van der Waals surface area contributed by atoms with Crippen molar-refractivity contribution in [2.75, 3.05) is 10.2 Å². The maximum absolute atomic E-state index is 12.4. The summed E-state index contributed by atoms with van der Waals surface area (Å²) in [5.41, 5.74) is 1.97. The number of β-lactam (4-membered cyclic amide) rings is 1. The molecule has 0 bridgehead atoms. The standard InChI is InChI=1S/C22H16ClN3OS/c23-19-20(15-7-2-1-3-8-15)26(21(19)27)22-25-18(13-28-22)24-17-11-10-14-6-4-5-9-16(14)12-17/h1-13,19-20,24H. The number of nitrogens with one attached hydrogen (secondary N) is 1. The van der Waals surface area contributed by atoms with E-state index in [9.17, 15) is 4.79 Å². The van der Waals surface area contributed by atoms with Crippen molar-refractivity contribution in [3.8, 4) is 0 Å². The summed E-state index contributed by atoms with van der Waals surface area (Å²) in [6.07, 6.45) is 0. The van der Waals surface area contributed by atoms with Crippen molar-refractivity contribution in [2.24, 2.45) is 0 Å². The van der Waals surface area contributed by atoms with Gasteiger partial charge in [0.2, 0.25) is 5.91 Å². The minimum absolute atomic E-state index is 0.109. The number of rotatable bonds is 4. The van der Waals surface area contributed by atoms with Gasteiger partial charge in [0.1, 0.15) is 11.2 Å². The number of nitrogens with zero attached hydrogens (tertiary/aromatic N) is 2. The van der Waals surface area contributed by atoms with Crippen molar-refractivity contribution in [3.63, 3.8) is 0 Å². The summed E-state index contributed by atoms with van der Waals surface area (Å²) in [6.45, 7) is 0. The van der Waals surface area contributed by atoms with Crippen LogP contribution in [-0.2, 0) is 4.79 Å². The third kappa shape index (κ3) is 2.93. The van der Waals surface area contributed by atoms with E-state index in [2.05, 4.69) is 34.6 Å². The van der Waals surface area contributed by atoms with Crippen molar-refractivity contribution in [2.45, 2.75) is 11.4 Å². The fourth-order valence-electron chi connectivity index (χ4n) is 3.48. The second kappa shape index (κ2) is 6.93. The Labute approximate surface area is 171 Å². The van der Waals surface area contributed by atoms with Gasteiger partial charge in [-0.15, -0.1) is 22.9 Å². The van der Waals surface area contributed by atoms with E-state index in [1.807, 2.05) is 53.9 Å². The zero-order chi connectivity index (χ0) is 19.1. The SMILES string of the molecule is O=C1C(Cl)C(c2ccccc2)N1c1nc(Nc2ccc3ccccc3c2)cs1. The molecule has 1 aromatic heterocycles. The molecule has 5 rings (SSSR count). The van der Waals surface area contributed by atoms with Crippen LogP contribution in [0.15, 0.2) is 78.2 Å². The first-order valence-corrected chi connectivity index (χ1v) is 10.3. The summed E-state index contributed by atoms with van der Waals surface area (Å²) < 4.78 is 0. The summed E-state index contributed by atoms with van der Waals surface area (Å²) in [7, 11) is 0. The highest BCUT2D eigenvalue weighted by atomic mass is 35.5. The molecule has 1 amide bonds. The Morgan fingerprint density at radius 2 is 1.71 bits per heavy atom. The lowest BCUT2D eigenvalue weighted by atomic mass is 9.94. The third-order valence-corrected chi connectivity index (χ3v) is 6.16. The van der Waals surface area contributed by atoms with Crippen LogP contribution in [0.1, 0.15) is 11.6 Å². The number of carbonyl (C=O) groups is 1. The molecule has 138 valence electrons. The molecule has 0 aliphatic carbocycles. The fraction of sp³-hybridized carbons (Fsp3) is 0.0909. The summed E-state index contributed by atoms with van der Waals surface area (Å²) in [5, 5.41) is 7.70. The van der Waals surface area contributed by atoms with Crippen LogP contribution in [0.4, 0.5) is 16.6 Å². The van der Waals surface area contributed by atoms with Gasteiger partial charge in [-0.3, -0.25) is 9.69 Å². The monoisotopic (exact) mass is 405 g/mol. The highest BCUT2D eigenvalue weighted by molar-refractivity contribution is 7.14. The minimum atomic E-state index is -0.553. The fourth-order valence-corrected chi connectivity index (χ4v) is 4.64. The Balaban J connectivity index is 1.40. The predicted octanol–water partition coefficient (Wildman–Crippen LogP) is 5.74. The molecule has 1 aliphatic rings. The summed E-state index contributed by atoms with van der Waals surface area (Å²) in [4.78, 5) is 18.7. The molecule has 28 heavy (non-hydrogen) atoms. The van der Waals surface area contributed by atoms with Crippen molar-refractivity contribution in [1.82, 2.24) is 4.98 Å². The Hall–Kier alpha value is -2.89. The molecule has 4 nitrogen and oxygen atoms in total. The van der Waals surface area contributed by atoms with E-state index >= 15 is 0 Å². The lowest BCUT2D eigenvalue weighted by molar-refractivity contribution is -0.123. The molecule has 2 atom stereocenters. The Morgan fingerprint density at radius 3 is 2.54 bits per heavy atom. The molecule has 6 heteroatoms. The molecular formula is C22H16ClN3OS. The zero-order valence-corrected chi connectivity index (χ0v) is 16.3. The second-order valence-corrected chi connectivity index (χ2v) is 7.97. The molecule has 1 fully saturated rings. The highest BCUT2D eigenvalue weighted by Gasteiger charge is 2.49. The Kier molecular flexibility index (Phi) is 4.26. The number of benzene rings is 3. The van der Waals surface area contributed by atoms with E-state index in [1.165, 1.54) is 16.7 Å². The largest absolute Gasteiger partial charge is 0.339 e. The number of aromatic nitrogens is 1. The molecule has 2 unspecified atom stereocenters. The van der Waals surface area contributed by atoms with Gasteiger partial charge in [-0.2, -0.15) is 0 Å². The molecule has 4 aromatic rings. The van der Waals surface area contributed by atoms with Crippen molar-refractivity contribution in [1.29, 1.82) is 0 Å². The van der Waals surface area contributed by atoms with Crippen molar-refractivity contribution < 1.29 is 4.79 Å². The molecule has 1 aliphatic heterocycles. The maximum Gasteiger partial charge on any atom is 0.249 e. The van der Waals surface area contributed by atoms with Gasteiger partial charge in [0.15, 0.2) is 5.13 Å². The first-order chi connectivity index (χ1) is 13.7. The molecule has 2 heterocycles. The van der Waals surface area contributed by atoms with E-state index < -0.39 is 5.38 Å². The maximum atomic E-state index is 12.4. The van der Waals surface area contributed by atoms with E-state index in [4.69, 9.17) is 11.6 Å². The molecule has 0 spiro atoms. The molecule has 3 aromatic carbocycles. The third-order valence-electron chi connectivity index (χ3n) is 4.89. The highest BCUT2D eigenvalue weighted by Crippen LogP contribution is 2.43. The number of hydrogen-bond acceptors (Lipinski definition) is 4. The quantitative estimate of drug-likeness (QED) is 0.348. The smallest absolute Gasteiger partial charge is 0.249 e. The molecule has 0 saturated carbocycles. The topological polar surface area (TPSA) is 45.2 Å². The number of amides is 1. The number of carbonyl (C=O) groups excluding carboxylic acids is 1. The van der Waals surface area contributed by atoms with Gasteiger partial charge in [0.25, 0.3) is 0 Å². The van der Waals surface area contributed by atoms with Crippen LogP contribution in [-0.4, -0.2) is 16.3 Å². The van der Waals surface area contributed by atoms with E-state index in [-0.39, 0.29) is 11.9 Å². The average molecular weight is 406 g/mol. The van der Waals surface area contributed by atoms with Crippen LogP contribution in [0.5, 0.6) is 0 Å². The van der Waals surface area contributed by atoms with E-state index in [0.29, 0.717) is 10.9 Å². The minimum Gasteiger partial charge on any atom is -0.339 e. The van der Waals surface area contributed by atoms with Gasteiger partial charge in [-0.05, 0) is 28.5 Å². The zero-order valence-electron chi connectivity index (χ0n) is 14.7. The molecule has 0 radical (unpaired) electrons. The average Bonchev–Trinajstić information content (AvgIpc) is 3.19. The molecular weight excluding hydrogens is 390 g/mol. The van der Waals surface area contributed by atoms with Crippen LogP contribution in [0, 0.1) is 0 Å². The number of alkyl halides is 1. The Bertz CT molecular complexity index is 1160. The summed E-state index contributed by atoms with van der Waals surface area (Å²) in [6, 6.07) is 24.1. The van der Waals surface area contributed by atoms with E-state index in [1.54, 1.807) is 4.90 Å². The van der Waals surface area contributed by atoms with Crippen LogP contribution >= 0.6 is 22.9 Å². The number of hydrogen-bond donors (Lipinski definition) is 1. The first kappa shape index (κ1) is 17.2.